The summed E-state index contributed by atoms with van der Waals surface area (Å²) in [5.74, 6) is -0.240. The van der Waals surface area contributed by atoms with E-state index in [0.29, 0.717) is 23.5 Å². The number of hydrogen-bond acceptors (Lipinski definition) is 5. The second-order valence-corrected chi connectivity index (χ2v) is 6.07. The highest BCUT2D eigenvalue weighted by Crippen LogP contribution is 2.12. The van der Waals surface area contributed by atoms with Gasteiger partial charge in [-0.1, -0.05) is 18.2 Å². The molecule has 0 fully saturated rings. The van der Waals surface area contributed by atoms with Crippen LogP contribution in [0.25, 0.3) is 10.9 Å². The van der Waals surface area contributed by atoms with Gasteiger partial charge in [-0.2, -0.15) is 5.10 Å². The van der Waals surface area contributed by atoms with Gasteiger partial charge in [0.25, 0.3) is 17.4 Å². The zero-order valence-electron chi connectivity index (χ0n) is 15.8. The molecule has 1 aromatic heterocycles. The van der Waals surface area contributed by atoms with Gasteiger partial charge in [0.05, 0.1) is 24.9 Å². The van der Waals surface area contributed by atoms with E-state index in [1.165, 1.54) is 6.21 Å². The highest BCUT2D eigenvalue weighted by Gasteiger charge is 2.08. The number of ether oxygens (including phenoxy) is 1. The normalized spacial score (nSPS) is 10.8. The molecule has 0 saturated carbocycles. The summed E-state index contributed by atoms with van der Waals surface area (Å²) in [6, 6.07) is 15.6. The van der Waals surface area contributed by atoms with E-state index in [0.717, 1.165) is 10.9 Å². The molecule has 3 N–H and O–H groups in total. The quantitative estimate of drug-likeness (QED) is 0.420. The topological polar surface area (TPSA) is 113 Å². The predicted octanol–water partition coefficient (Wildman–Crippen LogP) is 1.81. The maximum Gasteiger partial charge on any atom is 0.259 e. The summed E-state index contributed by atoms with van der Waals surface area (Å²) in [6.07, 6.45) is 1.26. The second-order valence-electron chi connectivity index (χ2n) is 6.07. The van der Waals surface area contributed by atoms with Gasteiger partial charge in [-0.05, 0) is 48.7 Å². The number of fused-ring (bicyclic) bond motifs is 1. The van der Waals surface area contributed by atoms with Crippen LogP contribution in [0.1, 0.15) is 22.8 Å². The van der Waals surface area contributed by atoms with Crippen molar-refractivity contribution in [3.8, 4) is 5.75 Å². The first-order valence-corrected chi connectivity index (χ1v) is 9.02. The number of hydrazone groups is 1. The number of H-pyrrole nitrogens is 1. The molecule has 0 radical (unpaired) electrons. The number of amides is 2. The smallest absolute Gasteiger partial charge is 0.259 e. The van der Waals surface area contributed by atoms with E-state index in [9.17, 15) is 14.4 Å². The minimum absolute atomic E-state index is 0.253. The first-order valence-electron chi connectivity index (χ1n) is 9.02. The van der Waals surface area contributed by atoms with Crippen molar-refractivity contribution >= 4 is 28.9 Å². The van der Waals surface area contributed by atoms with E-state index in [1.54, 1.807) is 36.4 Å². The van der Waals surface area contributed by atoms with Crippen LogP contribution in [0.5, 0.6) is 5.75 Å². The Morgan fingerprint density at radius 3 is 2.66 bits per heavy atom. The fourth-order valence-electron chi connectivity index (χ4n) is 2.61. The maximum atomic E-state index is 12.1. The Bertz CT molecular complexity index is 1100. The van der Waals surface area contributed by atoms with Gasteiger partial charge in [-0.15, -0.1) is 0 Å². The van der Waals surface area contributed by atoms with Gasteiger partial charge in [-0.3, -0.25) is 14.4 Å². The zero-order chi connectivity index (χ0) is 20.6. The SMILES string of the molecule is CCOc1ccc(C(=O)NCC(=O)N/N=C\c2cc3ccccc3[nH]c2=O)cc1. The van der Waals surface area contributed by atoms with Gasteiger partial charge < -0.3 is 15.0 Å². The number of carbonyl (C=O) groups is 2. The Morgan fingerprint density at radius 1 is 1.14 bits per heavy atom. The van der Waals surface area contributed by atoms with Crippen molar-refractivity contribution in [2.24, 2.45) is 5.10 Å². The number of pyridine rings is 1. The molecule has 0 aliphatic heterocycles. The number of para-hydroxylation sites is 1. The molecule has 3 rings (SSSR count). The summed E-state index contributed by atoms with van der Waals surface area (Å²) in [5, 5.41) is 7.13. The molecule has 0 unspecified atom stereocenters. The highest BCUT2D eigenvalue weighted by atomic mass is 16.5. The lowest BCUT2D eigenvalue weighted by atomic mass is 10.2. The van der Waals surface area contributed by atoms with Gasteiger partial charge in [0, 0.05) is 11.1 Å². The molecule has 0 atom stereocenters. The number of nitrogens with zero attached hydrogens (tertiary/aromatic N) is 1. The number of benzene rings is 2. The minimum atomic E-state index is -0.516. The highest BCUT2D eigenvalue weighted by molar-refractivity contribution is 5.96. The average molecular weight is 392 g/mol. The number of rotatable bonds is 7. The summed E-state index contributed by atoms with van der Waals surface area (Å²) in [6.45, 7) is 2.16. The minimum Gasteiger partial charge on any atom is -0.494 e. The first kappa shape index (κ1) is 19.8. The fraction of sp³-hybridized carbons (Fsp3) is 0.143. The molecule has 0 bridgehead atoms. The molecular weight excluding hydrogens is 372 g/mol. The Kier molecular flexibility index (Phi) is 6.36. The van der Waals surface area contributed by atoms with Crippen molar-refractivity contribution in [3.05, 3.63) is 76.1 Å². The van der Waals surface area contributed by atoms with E-state index in [-0.39, 0.29) is 12.1 Å². The molecule has 148 valence electrons. The average Bonchev–Trinajstić information content (AvgIpc) is 2.73. The molecule has 2 aromatic carbocycles. The summed E-state index contributed by atoms with van der Waals surface area (Å²) < 4.78 is 5.32. The van der Waals surface area contributed by atoms with Crippen molar-refractivity contribution in [1.29, 1.82) is 0 Å². The van der Waals surface area contributed by atoms with Crippen LogP contribution in [0.4, 0.5) is 0 Å². The molecule has 0 saturated heterocycles. The molecule has 8 heteroatoms. The molecule has 8 nitrogen and oxygen atoms in total. The Hall–Kier alpha value is -3.94. The summed E-state index contributed by atoms with van der Waals surface area (Å²) in [4.78, 5) is 38.7. The van der Waals surface area contributed by atoms with Crippen LogP contribution in [0.15, 0.2) is 64.5 Å². The Labute approximate surface area is 166 Å². The summed E-state index contributed by atoms with van der Waals surface area (Å²) in [5.41, 5.74) is 3.40. The van der Waals surface area contributed by atoms with E-state index >= 15 is 0 Å². The zero-order valence-corrected chi connectivity index (χ0v) is 15.8. The standard InChI is InChI=1S/C21H20N4O4/c1-2-29-17-9-7-14(8-10-17)20(27)22-13-19(26)25-23-12-16-11-15-5-3-4-6-18(15)24-21(16)28/h3-12H,2,13H2,1H3,(H,22,27)(H,24,28)(H,25,26)/b23-12-. The van der Waals surface area contributed by atoms with E-state index < -0.39 is 11.8 Å². The molecule has 0 aliphatic carbocycles. The lowest BCUT2D eigenvalue weighted by Crippen LogP contribution is -2.35. The van der Waals surface area contributed by atoms with Crippen LogP contribution in [-0.4, -0.2) is 36.2 Å². The predicted molar refractivity (Wildman–Crippen MR) is 110 cm³/mol. The summed E-state index contributed by atoms with van der Waals surface area (Å²) in [7, 11) is 0. The molecule has 1 heterocycles. The second kappa shape index (κ2) is 9.32. The monoisotopic (exact) mass is 392 g/mol. The number of aromatic nitrogens is 1. The Morgan fingerprint density at radius 2 is 1.90 bits per heavy atom. The molecule has 29 heavy (non-hydrogen) atoms. The number of aromatic amines is 1. The summed E-state index contributed by atoms with van der Waals surface area (Å²) >= 11 is 0. The van der Waals surface area contributed by atoms with Gasteiger partial charge in [0.2, 0.25) is 0 Å². The van der Waals surface area contributed by atoms with Crippen molar-refractivity contribution in [3.63, 3.8) is 0 Å². The van der Waals surface area contributed by atoms with Crippen LogP contribution in [0.3, 0.4) is 0 Å². The number of carbonyl (C=O) groups excluding carboxylic acids is 2. The van der Waals surface area contributed by atoms with E-state index in [4.69, 9.17) is 4.74 Å². The van der Waals surface area contributed by atoms with Crippen LogP contribution in [0.2, 0.25) is 0 Å². The fourth-order valence-corrected chi connectivity index (χ4v) is 2.61. The van der Waals surface area contributed by atoms with Gasteiger partial charge in [0.1, 0.15) is 5.75 Å². The molecule has 0 spiro atoms. The third-order valence-electron chi connectivity index (χ3n) is 4.01. The lowest BCUT2D eigenvalue weighted by molar-refractivity contribution is -0.120. The maximum absolute atomic E-state index is 12.1. The van der Waals surface area contributed by atoms with Crippen LogP contribution in [0, 0.1) is 0 Å². The van der Waals surface area contributed by atoms with Crippen LogP contribution < -0.4 is 21.0 Å². The molecular formula is C21H20N4O4. The lowest BCUT2D eigenvalue weighted by Gasteiger charge is -2.06. The van der Waals surface area contributed by atoms with Crippen molar-refractivity contribution in [2.75, 3.05) is 13.2 Å². The van der Waals surface area contributed by atoms with Crippen LogP contribution in [-0.2, 0) is 4.79 Å². The van der Waals surface area contributed by atoms with Crippen molar-refractivity contribution in [1.82, 2.24) is 15.7 Å². The molecule has 0 aliphatic rings. The number of nitrogens with one attached hydrogen (secondary N) is 3. The van der Waals surface area contributed by atoms with Gasteiger partial charge in [0.15, 0.2) is 0 Å². The molecule has 3 aromatic rings. The molecule has 2 amide bonds. The van der Waals surface area contributed by atoms with Crippen molar-refractivity contribution in [2.45, 2.75) is 6.92 Å². The third-order valence-corrected chi connectivity index (χ3v) is 4.01. The van der Waals surface area contributed by atoms with Crippen LogP contribution >= 0.6 is 0 Å². The van der Waals surface area contributed by atoms with Gasteiger partial charge in [-0.25, -0.2) is 5.43 Å². The largest absolute Gasteiger partial charge is 0.494 e. The van der Waals surface area contributed by atoms with Crippen molar-refractivity contribution < 1.29 is 14.3 Å². The Balaban J connectivity index is 1.52. The first-order chi connectivity index (χ1) is 14.1. The van der Waals surface area contributed by atoms with E-state index in [1.807, 2.05) is 25.1 Å². The number of hydrogen-bond donors (Lipinski definition) is 3. The van der Waals surface area contributed by atoms with E-state index in [2.05, 4.69) is 20.8 Å². The van der Waals surface area contributed by atoms with Gasteiger partial charge >= 0.3 is 0 Å². The third kappa shape index (κ3) is 5.29.